The standard InChI is InChI=1S/C28H34ClFN8O2/c1-36-10-12-38(13-11-36)9-6-27(39)33-26-16-20(5-8-31-26)32-25-17-24(22-15-19(29)3-4-23(22)30)34-35-28(25)37(2)21-7-14-40-18-21/h3-5,8,15-17,21H,6-7,9-14,18H2,1-2H3,(H2,31,32,33,34,39)/t21-/m0/s1. The number of likely N-dealkylation sites (N-methyl/N-ethyl adjacent to an activating group) is 2. The maximum Gasteiger partial charge on any atom is 0.226 e. The molecule has 0 radical (unpaired) electrons. The molecule has 0 saturated carbocycles. The summed E-state index contributed by atoms with van der Waals surface area (Å²) in [6.07, 6.45) is 2.88. The van der Waals surface area contributed by atoms with Gasteiger partial charge in [-0.05, 0) is 43.8 Å². The SMILES string of the molecule is CN1CCN(CCC(=O)Nc2cc(Nc3cc(-c4cc(Cl)ccc4F)nnc3N(C)[C@H]3CCOC3)ccn2)CC1. The molecule has 0 aliphatic carbocycles. The molecule has 0 spiro atoms. The number of piperazine rings is 1. The molecule has 2 N–H and O–H groups in total. The molecule has 0 unspecified atom stereocenters. The number of rotatable bonds is 9. The van der Waals surface area contributed by atoms with Crippen LogP contribution in [-0.4, -0.2) is 97.0 Å². The van der Waals surface area contributed by atoms with Crippen molar-refractivity contribution in [1.82, 2.24) is 25.0 Å². The Morgan fingerprint density at radius 1 is 1.18 bits per heavy atom. The molecule has 2 aliphatic heterocycles. The van der Waals surface area contributed by atoms with E-state index in [1.807, 2.05) is 11.9 Å². The summed E-state index contributed by atoms with van der Waals surface area (Å²) in [5.41, 5.74) is 1.91. The normalized spacial score (nSPS) is 18.1. The fourth-order valence-electron chi connectivity index (χ4n) is 4.83. The Bertz CT molecular complexity index is 1330. The van der Waals surface area contributed by atoms with Gasteiger partial charge in [-0.15, -0.1) is 10.2 Å². The van der Waals surface area contributed by atoms with E-state index in [1.165, 1.54) is 18.2 Å². The van der Waals surface area contributed by atoms with Crippen molar-refractivity contribution in [3.63, 3.8) is 0 Å². The zero-order valence-electron chi connectivity index (χ0n) is 22.7. The van der Waals surface area contributed by atoms with Gasteiger partial charge < -0.3 is 30.1 Å². The second-order valence-corrected chi connectivity index (χ2v) is 10.7. The van der Waals surface area contributed by atoms with Crippen LogP contribution < -0.4 is 15.5 Å². The van der Waals surface area contributed by atoms with Crippen LogP contribution in [0.4, 0.5) is 27.4 Å². The number of nitrogens with zero attached hydrogens (tertiary/aromatic N) is 6. The number of pyridine rings is 1. The Kier molecular flexibility index (Phi) is 9.05. The number of benzene rings is 1. The first-order valence-electron chi connectivity index (χ1n) is 13.4. The van der Waals surface area contributed by atoms with Gasteiger partial charge in [0, 0.05) is 81.3 Å². The largest absolute Gasteiger partial charge is 0.379 e. The Labute approximate surface area is 238 Å². The van der Waals surface area contributed by atoms with Crippen molar-refractivity contribution in [3.8, 4) is 11.3 Å². The highest BCUT2D eigenvalue weighted by Gasteiger charge is 2.25. The molecular formula is C28H34ClFN8O2. The molecule has 12 heteroatoms. The zero-order valence-corrected chi connectivity index (χ0v) is 23.5. The van der Waals surface area contributed by atoms with Crippen molar-refractivity contribution in [2.75, 3.05) is 75.6 Å². The number of hydrogen-bond donors (Lipinski definition) is 2. The van der Waals surface area contributed by atoms with Gasteiger partial charge in [0.25, 0.3) is 0 Å². The Balaban J connectivity index is 1.34. The Morgan fingerprint density at radius 2 is 2.00 bits per heavy atom. The summed E-state index contributed by atoms with van der Waals surface area (Å²) in [6, 6.07) is 9.77. The van der Waals surface area contributed by atoms with Gasteiger partial charge in [0.05, 0.1) is 24.0 Å². The van der Waals surface area contributed by atoms with E-state index >= 15 is 0 Å². The van der Waals surface area contributed by atoms with Crippen LogP contribution in [-0.2, 0) is 9.53 Å². The number of carbonyl (C=O) groups is 1. The summed E-state index contributed by atoms with van der Waals surface area (Å²) in [5, 5.41) is 15.5. The predicted molar refractivity (Wildman–Crippen MR) is 155 cm³/mol. The molecular weight excluding hydrogens is 535 g/mol. The van der Waals surface area contributed by atoms with Crippen molar-refractivity contribution in [1.29, 1.82) is 0 Å². The molecule has 4 heterocycles. The van der Waals surface area contributed by atoms with Gasteiger partial charge in [-0.1, -0.05) is 11.6 Å². The number of nitrogens with one attached hydrogen (secondary N) is 2. The fourth-order valence-corrected chi connectivity index (χ4v) is 5.00. The molecule has 212 valence electrons. The first-order chi connectivity index (χ1) is 19.4. The monoisotopic (exact) mass is 568 g/mol. The lowest BCUT2D eigenvalue weighted by molar-refractivity contribution is -0.116. The summed E-state index contributed by atoms with van der Waals surface area (Å²) in [6.45, 7) is 5.93. The summed E-state index contributed by atoms with van der Waals surface area (Å²) in [4.78, 5) is 23.6. The van der Waals surface area contributed by atoms with E-state index in [2.05, 4.69) is 42.7 Å². The third-order valence-electron chi connectivity index (χ3n) is 7.32. The second-order valence-electron chi connectivity index (χ2n) is 10.2. The number of anilines is 4. The van der Waals surface area contributed by atoms with E-state index in [4.69, 9.17) is 16.3 Å². The average Bonchev–Trinajstić information content (AvgIpc) is 3.49. The molecule has 1 amide bonds. The number of amides is 1. The third-order valence-corrected chi connectivity index (χ3v) is 7.56. The smallest absolute Gasteiger partial charge is 0.226 e. The molecule has 5 rings (SSSR count). The third kappa shape index (κ3) is 7.03. The average molecular weight is 569 g/mol. The van der Waals surface area contributed by atoms with Crippen molar-refractivity contribution < 1.29 is 13.9 Å². The zero-order chi connectivity index (χ0) is 28.1. The highest BCUT2D eigenvalue weighted by Crippen LogP contribution is 2.33. The highest BCUT2D eigenvalue weighted by atomic mass is 35.5. The van der Waals surface area contributed by atoms with Crippen LogP contribution in [0.1, 0.15) is 12.8 Å². The summed E-state index contributed by atoms with van der Waals surface area (Å²) in [5.74, 6) is 0.502. The molecule has 1 atom stereocenters. The van der Waals surface area contributed by atoms with Crippen LogP contribution in [0.25, 0.3) is 11.3 Å². The number of halogens is 2. The number of ether oxygens (including phenoxy) is 1. The lowest BCUT2D eigenvalue weighted by atomic mass is 10.1. The van der Waals surface area contributed by atoms with Crippen LogP contribution in [0.5, 0.6) is 0 Å². The summed E-state index contributed by atoms with van der Waals surface area (Å²) in [7, 11) is 4.05. The van der Waals surface area contributed by atoms with Crippen LogP contribution in [0, 0.1) is 5.82 Å². The lowest BCUT2D eigenvalue weighted by Crippen LogP contribution is -2.45. The second kappa shape index (κ2) is 12.9. The van der Waals surface area contributed by atoms with Gasteiger partial charge >= 0.3 is 0 Å². The van der Waals surface area contributed by atoms with E-state index in [0.29, 0.717) is 59.9 Å². The van der Waals surface area contributed by atoms with Crippen LogP contribution >= 0.6 is 11.6 Å². The van der Waals surface area contributed by atoms with Gasteiger partial charge in [0.15, 0.2) is 5.82 Å². The van der Waals surface area contributed by atoms with Gasteiger partial charge in [0.2, 0.25) is 5.91 Å². The number of hydrogen-bond acceptors (Lipinski definition) is 9. The van der Waals surface area contributed by atoms with E-state index in [-0.39, 0.29) is 17.5 Å². The van der Waals surface area contributed by atoms with E-state index in [1.54, 1.807) is 24.4 Å². The lowest BCUT2D eigenvalue weighted by Gasteiger charge is -2.32. The molecule has 1 aromatic carbocycles. The van der Waals surface area contributed by atoms with E-state index in [0.717, 1.165) is 32.6 Å². The summed E-state index contributed by atoms with van der Waals surface area (Å²) >= 11 is 6.14. The molecule has 40 heavy (non-hydrogen) atoms. The van der Waals surface area contributed by atoms with E-state index < -0.39 is 5.82 Å². The topological polar surface area (TPSA) is 98.8 Å². The Morgan fingerprint density at radius 3 is 2.77 bits per heavy atom. The Hall–Kier alpha value is -3.38. The molecule has 3 aromatic rings. The minimum atomic E-state index is -0.444. The molecule has 10 nitrogen and oxygen atoms in total. The molecule has 2 aliphatic rings. The van der Waals surface area contributed by atoms with Gasteiger partial charge in [-0.25, -0.2) is 9.37 Å². The minimum Gasteiger partial charge on any atom is -0.379 e. The molecule has 2 fully saturated rings. The minimum absolute atomic E-state index is 0.0884. The van der Waals surface area contributed by atoms with Crippen molar-refractivity contribution >= 4 is 40.5 Å². The van der Waals surface area contributed by atoms with E-state index in [9.17, 15) is 9.18 Å². The van der Waals surface area contributed by atoms with Crippen LogP contribution in [0.3, 0.4) is 0 Å². The van der Waals surface area contributed by atoms with Crippen LogP contribution in [0.2, 0.25) is 5.02 Å². The predicted octanol–water partition coefficient (Wildman–Crippen LogP) is 3.88. The first-order valence-corrected chi connectivity index (χ1v) is 13.8. The van der Waals surface area contributed by atoms with Gasteiger partial charge in [0.1, 0.15) is 11.6 Å². The quantitative estimate of drug-likeness (QED) is 0.398. The molecule has 2 aromatic heterocycles. The summed E-state index contributed by atoms with van der Waals surface area (Å²) < 4.78 is 20.2. The van der Waals surface area contributed by atoms with Crippen molar-refractivity contribution in [2.45, 2.75) is 18.9 Å². The number of aromatic nitrogens is 3. The maximum atomic E-state index is 14.7. The molecule has 2 saturated heterocycles. The fraction of sp³-hybridized carbons (Fsp3) is 0.429. The highest BCUT2D eigenvalue weighted by molar-refractivity contribution is 6.30. The van der Waals surface area contributed by atoms with Gasteiger partial charge in [-0.2, -0.15) is 0 Å². The molecule has 0 bridgehead atoms. The van der Waals surface area contributed by atoms with Crippen molar-refractivity contribution in [2.24, 2.45) is 0 Å². The number of carbonyl (C=O) groups excluding carboxylic acids is 1. The van der Waals surface area contributed by atoms with Crippen molar-refractivity contribution in [3.05, 3.63) is 53.4 Å². The maximum absolute atomic E-state index is 14.7. The van der Waals surface area contributed by atoms with Crippen LogP contribution in [0.15, 0.2) is 42.6 Å². The van der Waals surface area contributed by atoms with Gasteiger partial charge in [-0.3, -0.25) is 4.79 Å². The first kappa shape index (κ1) is 28.2.